The summed E-state index contributed by atoms with van der Waals surface area (Å²) in [6, 6.07) is 14.2. The molecule has 4 heterocycles. The van der Waals surface area contributed by atoms with Crippen molar-refractivity contribution in [3.8, 4) is 23.2 Å². The first-order valence-corrected chi connectivity index (χ1v) is 14.4. The van der Waals surface area contributed by atoms with Gasteiger partial charge in [-0.25, -0.2) is 27.9 Å². The van der Waals surface area contributed by atoms with Crippen molar-refractivity contribution in [3.63, 3.8) is 0 Å². The highest BCUT2D eigenvalue weighted by Crippen LogP contribution is 2.40. The number of aromatic nitrogens is 3. The lowest BCUT2D eigenvalue weighted by Crippen LogP contribution is -2.27. The third-order valence-corrected chi connectivity index (χ3v) is 8.66. The standard InChI is InChI=1S/C32H25F3N4O4S/c1-32(2)16-42-15-28(32)39-26-9-17(31(40)41)6-7-25(26)37-29(39)10-18-8-22(34)20(12-21(18)33)24-4-3-5-30(38-24)43-14-27-23(35)11-19(13-36)44-27/h3-9,11-12,28H,10,14-16H2,1-2H3,(H,40,41). The molecule has 1 fully saturated rings. The van der Waals surface area contributed by atoms with E-state index in [1.54, 1.807) is 18.2 Å². The van der Waals surface area contributed by atoms with Crippen molar-refractivity contribution in [2.24, 2.45) is 5.41 Å². The van der Waals surface area contributed by atoms with E-state index in [1.807, 2.05) is 24.5 Å². The molecule has 2 aromatic carbocycles. The number of benzene rings is 2. The highest BCUT2D eigenvalue weighted by Gasteiger charge is 2.39. The zero-order valence-electron chi connectivity index (χ0n) is 23.6. The molecule has 0 saturated carbocycles. The van der Waals surface area contributed by atoms with Crippen LogP contribution in [0.15, 0.2) is 54.6 Å². The van der Waals surface area contributed by atoms with Gasteiger partial charge in [0.1, 0.15) is 40.8 Å². The largest absolute Gasteiger partial charge is 0.478 e. The van der Waals surface area contributed by atoms with Gasteiger partial charge in [-0.05, 0) is 42.0 Å². The average molecular weight is 619 g/mol. The maximum atomic E-state index is 15.6. The van der Waals surface area contributed by atoms with E-state index in [9.17, 15) is 14.3 Å². The van der Waals surface area contributed by atoms with Gasteiger partial charge in [-0.2, -0.15) is 5.26 Å². The molecule has 0 aliphatic carbocycles. The molecule has 1 atom stereocenters. The number of fused-ring (bicyclic) bond motifs is 1. The van der Waals surface area contributed by atoms with Crippen LogP contribution in [0.4, 0.5) is 13.2 Å². The van der Waals surface area contributed by atoms with Gasteiger partial charge in [-0.1, -0.05) is 19.9 Å². The molecule has 1 aliphatic rings. The van der Waals surface area contributed by atoms with E-state index < -0.39 is 23.4 Å². The molecule has 1 aliphatic heterocycles. The lowest BCUT2D eigenvalue weighted by Gasteiger charge is -2.28. The summed E-state index contributed by atoms with van der Waals surface area (Å²) in [6.45, 7) is 4.72. The molecule has 0 bridgehead atoms. The van der Waals surface area contributed by atoms with E-state index in [2.05, 4.69) is 4.98 Å². The second-order valence-corrected chi connectivity index (χ2v) is 12.3. The van der Waals surface area contributed by atoms with Crippen LogP contribution >= 0.6 is 11.3 Å². The number of ether oxygens (including phenoxy) is 2. The number of hydrogen-bond acceptors (Lipinski definition) is 7. The Morgan fingerprint density at radius 1 is 1.14 bits per heavy atom. The minimum atomic E-state index is -1.08. The van der Waals surface area contributed by atoms with E-state index in [0.717, 1.165) is 29.5 Å². The van der Waals surface area contributed by atoms with E-state index in [-0.39, 0.29) is 62.5 Å². The number of thiophene rings is 1. The Kier molecular flexibility index (Phi) is 7.61. The molecule has 8 nitrogen and oxygen atoms in total. The van der Waals surface area contributed by atoms with Gasteiger partial charge in [0, 0.05) is 29.5 Å². The lowest BCUT2D eigenvalue weighted by molar-refractivity contribution is 0.0697. The predicted octanol–water partition coefficient (Wildman–Crippen LogP) is 6.91. The number of carboxylic acids is 1. The second kappa shape index (κ2) is 11.4. The minimum absolute atomic E-state index is 0.0552. The van der Waals surface area contributed by atoms with Crippen LogP contribution in [-0.2, 0) is 17.8 Å². The van der Waals surface area contributed by atoms with Crippen molar-refractivity contribution in [2.45, 2.75) is 32.9 Å². The number of carbonyl (C=O) groups is 1. The van der Waals surface area contributed by atoms with Crippen molar-refractivity contribution in [1.29, 1.82) is 5.26 Å². The summed E-state index contributed by atoms with van der Waals surface area (Å²) in [5.74, 6) is -2.51. The van der Waals surface area contributed by atoms with Gasteiger partial charge in [-0.3, -0.25) is 0 Å². The third-order valence-electron chi connectivity index (χ3n) is 7.68. The Labute approximate surface area is 253 Å². The molecule has 0 spiro atoms. The lowest BCUT2D eigenvalue weighted by atomic mass is 9.87. The summed E-state index contributed by atoms with van der Waals surface area (Å²) >= 11 is 0.959. The number of nitriles is 1. The van der Waals surface area contributed by atoms with Gasteiger partial charge in [0.25, 0.3) is 0 Å². The van der Waals surface area contributed by atoms with Gasteiger partial charge in [-0.15, -0.1) is 11.3 Å². The zero-order chi connectivity index (χ0) is 31.2. The number of hydrogen-bond donors (Lipinski definition) is 1. The van der Waals surface area contributed by atoms with E-state index in [0.29, 0.717) is 30.1 Å². The number of aromatic carboxylic acids is 1. The van der Waals surface area contributed by atoms with Crippen LogP contribution in [0.1, 0.15) is 51.4 Å². The van der Waals surface area contributed by atoms with E-state index in [1.165, 1.54) is 18.2 Å². The molecule has 44 heavy (non-hydrogen) atoms. The first-order chi connectivity index (χ1) is 21.0. The van der Waals surface area contributed by atoms with Gasteiger partial charge in [0.15, 0.2) is 0 Å². The molecule has 6 rings (SSSR count). The van der Waals surface area contributed by atoms with Gasteiger partial charge in [0.2, 0.25) is 5.88 Å². The van der Waals surface area contributed by atoms with Crippen molar-refractivity contribution >= 4 is 28.3 Å². The number of carboxylic acid groups (broad SMARTS) is 1. The molecule has 12 heteroatoms. The number of rotatable bonds is 8. The van der Waals surface area contributed by atoms with Crippen molar-refractivity contribution < 1.29 is 32.5 Å². The smallest absolute Gasteiger partial charge is 0.335 e. The number of imidazole rings is 1. The molecule has 5 aromatic rings. The first kappa shape index (κ1) is 29.3. The van der Waals surface area contributed by atoms with Crippen LogP contribution in [-0.4, -0.2) is 38.8 Å². The second-order valence-electron chi connectivity index (χ2n) is 11.2. The molecule has 0 radical (unpaired) electrons. The van der Waals surface area contributed by atoms with Gasteiger partial charge in [0.05, 0.1) is 46.4 Å². The monoisotopic (exact) mass is 618 g/mol. The van der Waals surface area contributed by atoms with Crippen LogP contribution in [0.5, 0.6) is 5.88 Å². The minimum Gasteiger partial charge on any atom is -0.478 e. The SMILES string of the molecule is CC1(C)COCC1n1c(Cc2cc(F)c(-c3cccc(OCc4sc(C#N)cc4F)n3)cc2F)nc2ccc(C(=O)O)cc21. The Balaban J connectivity index is 1.31. The first-order valence-electron chi connectivity index (χ1n) is 13.6. The van der Waals surface area contributed by atoms with E-state index in [4.69, 9.17) is 19.7 Å². The van der Waals surface area contributed by atoms with Crippen molar-refractivity contribution in [2.75, 3.05) is 13.2 Å². The fourth-order valence-electron chi connectivity index (χ4n) is 5.36. The maximum absolute atomic E-state index is 15.6. The number of nitrogens with zero attached hydrogens (tertiary/aromatic N) is 4. The number of halogens is 3. The zero-order valence-corrected chi connectivity index (χ0v) is 24.4. The van der Waals surface area contributed by atoms with Crippen molar-refractivity contribution in [1.82, 2.24) is 14.5 Å². The third kappa shape index (κ3) is 5.52. The predicted molar refractivity (Wildman–Crippen MR) is 156 cm³/mol. The summed E-state index contributed by atoms with van der Waals surface area (Å²) in [7, 11) is 0. The van der Waals surface area contributed by atoms with Crippen LogP contribution in [0.25, 0.3) is 22.3 Å². The maximum Gasteiger partial charge on any atom is 0.335 e. The molecule has 1 N–H and O–H groups in total. The van der Waals surface area contributed by atoms with Crippen molar-refractivity contribution in [3.05, 3.63) is 98.8 Å². The number of pyridine rings is 1. The Morgan fingerprint density at radius 2 is 1.95 bits per heavy atom. The van der Waals surface area contributed by atoms with Crippen LogP contribution in [0, 0.1) is 34.2 Å². The molecular formula is C32H25F3N4O4S. The highest BCUT2D eigenvalue weighted by atomic mass is 32.1. The Hall–Kier alpha value is -4.73. The molecule has 1 saturated heterocycles. The highest BCUT2D eigenvalue weighted by molar-refractivity contribution is 7.12. The summed E-state index contributed by atoms with van der Waals surface area (Å²) in [6.07, 6.45) is -0.0552. The fraction of sp³-hybridized carbons (Fsp3) is 0.250. The van der Waals surface area contributed by atoms with E-state index >= 15 is 8.78 Å². The van der Waals surface area contributed by atoms with Gasteiger partial charge >= 0.3 is 5.97 Å². The Bertz CT molecular complexity index is 1960. The van der Waals surface area contributed by atoms with Crippen LogP contribution < -0.4 is 4.74 Å². The Morgan fingerprint density at radius 3 is 2.66 bits per heavy atom. The average Bonchev–Trinajstić information content (AvgIpc) is 3.65. The fourth-order valence-corrected chi connectivity index (χ4v) is 6.11. The molecule has 3 aromatic heterocycles. The molecule has 1 unspecified atom stereocenters. The summed E-state index contributed by atoms with van der Waals surface area (Å²) in [5, 5.41) is 18.5. The summed E-state index contributed by atoms with van der Waals surface area (Å²) in [5.41, 5.74) is 0.984. The molecule has 224 valence electrons. The van der Waals surface area contributed by atoms with Gasteiger partial charge < -0.3 is 19.1 Å². The topological polar surface area (TPSA) is 110 Å². The molecular weight excluding hydrogens is 593 g/mol. The van der Waals surface area contributed by atoms with Crippen LogP contribution in [0.3, 0.4) is 0 Å². The summed E-state index contributed by atoms with van der Waals surface area (Å²) < 4.78 is 58.4. The van der Waals surface area contributed by atoms with Crippen LogP contribution in [0.2, 0.25) is 0 Å². The quantitative estimate of drug-likeness (QED) is 0.201. The molecule has 0 amide bonds. The summed E-state index contributed by atoms with van der Waals surface area (Å²) in [4.78, 5) is 21.1. The normalized spacial score (nSPS) is 15.9.